The zero-order valence-electron chi connectivity index (χ0n) is 16.7. The summed E-state index contributed by atoms with van der Waals surface area (Å²) in [4.78, 5) is 27.3. The number of rotatable bonds is 8. The van der Waals surface area contributed by atoms with Gasteiger partial charge in [0.1, 0.15) is 0 Å². The van der Waals surface area contributed by atoms with Gasteiger partial charge < -0.3 is 20.8 Å². The lowest BCUT2D eigenvalue weighted by atomic mass is 10.0. The predicted molar refractivity (Wildman–Crippen MR) is 112 cm³/mol. The van der Waals surface area contributed by atoms with Crippen molar-refractivity contribution in [3.05, 3.63) is 41.9 Å². The topological polar surface area (TPSA) is 141 Å². The minimum absolute atomic E-state index is 0. The normalized spacial score (nSPS) is 12.3. The number of nitrogens with two attached hydrogens (primary N) is 1. The van der Waals surface area contributed by atoms with Gasteiger partial charge in [-0.15, -0.1) is 5.10 Å². The molecule has 0 bridgehead atoms. The van der Waals surface area contributed by atoms with Crippen molar-refractivity contribution in [1.82, 2.24) is 30.5 Å². The number of nitrogens with one attached hydrogen (secondary N) is 2. The van der Waals surface area contributed by atoms with E-state index in [9.17, 15) is 9.59 Å². The second-order valence-corrected chi connectivity index (χ2v) is 7.40. The molecule has 0 aliphatic carbocycles. The van der Waals surface area contributed by atoms with Crippen molar-refractivity contribution in [1.29, 1.82) is 0 Å². The van der Waals surface area contributed by atoms with Gasteiger partial charge in [-0.05, 0) is 35.9 Å². The number of aromatic nitrogens is 5. The van der Waals surface area contributed by atoms with E-state index in [0.717, 1.165) is 16.5 Å². The summed E-state index contributed by atoms with van der Waals surface area (Å²) in [5.74, 6) is -0.256. The van der Waals surface area contributed by atoms with Gasteiger partial charge in [-0.25, -0.2) is 4.68 Å². The van der Waals surface area contributed by atoms with Crippen LogP contribution in [0.2, 0.25) is 0 Å². The predicted octanol–water partition coefficient (Wildman–Crippen LogP) is 1.49. The van der Waals surface area contributed by atoms with E-state index in [4.69, 9.17) is 5.73 Å². The molecule has 30 heavy (non-hydrogen) atoms. The smallest absolute Gasteiger partial charge is 0.307 e. The Morgan fingerprint density at radius 2 is 2.07 bits per heavy atom. The van der Waals surface area contributed by atoms with E-state index in [-0.39, 0.29) is 32.3 Å². The quantitative estimate of drug-likeness (QED) is 0.473. The van der Waals surface area contributed by atoms with Crippen LogP contribution in [0.1, 0.15) is 45.1 Å². The highest BCUT2D eigenvalue weighted by Gasteiger charge is 2.29. The number of aromatic amines is 1. The molecule has 0 spiro atoms. The second kappa shape index (κ2) is 9.49. The molecule has 0 saturated carbocycles. The van der Waals surface area contributed by atoms with E-state index < -0.39 is 11.6 Å². The molecule has 0 unspecified atom stereocenters. The number of hydrogen-bond acceptors (Lipinski definition) is 7. The van der Waals surface area contributed by atoms with Crippen molar-refractivity contribution >= 4 is 22.8 Å². The van der Waals surface area contributed by atoms with Crippen molar-refractivity contribution in [2.45, 2.75) is 52.2 Å². The van der Waals surface area contributed by atoms with Gasteiger partial charge in [0.2, 0.25) is 5.91 Å². The number of carbonyl (C=O) groups is 2. The number of nitrogens with zero attached hydrogens (tertiary/aromatic N) is 4. The van der Waals surface area contributed by atoms with Crippen molar-refractivity contribution in [3.8, 4) is 0 Å². The highest BCUT2D eigenvalue weighted by molar-refractivity contribution is 5.86. The molecule has 0 fully saturated rings. The largest absolute Gasteiger partial charge is 0.469 e. The van der Waals surface area contributed by atoms with Gasteiger partial charge in [0.05, 0.1) is 31.7 Å². The van der Waals surface area contributed by atoms with Crippen LogP contribution in [0.25, 0.3) is 10.9 Å². The number of aryl methyl sites for hydroxylation is 1. The van der Waals surface area contributed by atoms with Gasteiger partial charge in [0.15, 0.2) is 5.82 Å². The van der Waals surface area contributed by atoms with Gasteiger partial charge in [-0.3, -0.25) is 9.59 Å². The molecule has 1 atom stereocenters. The Kier molecular flexibility index (Phi) is 7.28. The number of tetrazole rings is 1. The summed E-state index contributed by atoms with van der Waals surface area (Å²) in [6.07, 6.45) is 2.47. The van der Waals surface area contributed by atoms with E-state index in [1.54, 1.807) is 13.8 Å². The molecule has 3 aromatic rings. The number of methoxy groups -OCH3 is 1. The van der Waals surface area contributed by atoms with Crippen LogP contribution in [0.5, 0.6) is 0 Å². The van der Waals surface area contributed by atoms with Crippen LogP contribution in [-0.2, 0) is 27.3 Å². The van der Waals surface area contributed by atoms with E-state index >= 15 is 0 Å². The van der Waals surface area contributed by atoms with E-state index in [1.165, 1.54) is 11.8 Å². The molecule has 1 amide bonds. The van der Waals surface area contributed by atoms with Crippen LogP contribution < -0.4 is 11.1 Å². The summed E-state index contributed by atoms with van der Waals surface area (Å²) < 4.78 is 6.18. The average Bonchev–Trinajstić information content (AvgIpc) is 3.32. The molecule has 2 heterocycles. The first-order valence-electron chi connectivity index (χ1n) is 9.27. The number of fused-ring (bicyclic) bond motifs is 1. The third-order valence-electron chi connectivity index (χ3n) is 4.62. The molecule has 2 aromatic heterocycles. The molecule has 0 aliphatic heterocycles. The summed E-state index contributed by atoms with van der Waals surface area (Å²) in [5, 5.41) is 15.8. The van der Waals surface area contributed by atoms with E-state index in [2.05, 4.69) is 30.6 Å². The fraction of sp³-hybridized carbons (Fsp3) is 0.450. The summed E-state index contributed by atoms with van der Waals surface area (Å²) in [6.45, 7) is 3.50. The standard InChI is InChI=1S/C19H25N7O3.CH4/c1-19(2,20)18(28)22-15(10-12-11-21-14-7-5-4-6-13(12)14)17-23-24-25-26(17)9-8-16(27)29-3;/h4-7,11,15,21H,8-10,20H2,1-3H3,(H,22,28);1H4/t15-;/m1./s1. The number of carbonyl (C=O) groups excluding carboxylic acids is 2. The third kappa shape index (κ3) is 5.20. The van der Waals surface area contributed by atoms with Crippen LogP contribution in [0.3, 0.4) is 0 Å². The summed E-state index contributed by atoms with van der Waals surface area (Å²) >= 11 is 0. The zero-order valence-corrected chi connectivity index (χ0v) is 16.7. The Morgan fingerprint density at radius 3 is 2.77 bits per heavy atom. The first-order valence-corrected chi connectivity index (χ1v) is 9.27. The third-order valence-corrected chi connectivity index (χ3v) is 4.62. The Bertz CT molecular complexity index is 1000. The number of H-pyrrole nitrogens is 1. The average molecular weight is 415 g/mol. The number of ether oxygens (including phenoxy) is 1. The molecular weight excluding hydrogens is 386 g/mol. The molecule has 0 aliphatic rings. The van der Waals surface area contributed by atoms with Gasteiger partial charge >= 0.3 is 5.97 Å². The van der Waals surface area contributed by atoms with Gasteiger partial charge in [0, 0.05) is 23.5 Å². The molecule has 4 N–H and O–H groups in total. The van der Waals surface area contributed by atoms with Gasteiger partial charge in [0.25, 0.3) is 0 Å². The maximum atomic E-state index is 12.6. The molecule has 0 radical (unpaired) electrons. The molecule has 10 heteroatoms. The molecule has 10 nitrogen and oxygen atoms in total. The van der Waals surface area contributed by atoms with Gasteiger partial charge in [-0.1, -0.05) is 25.6 Å². The highest BCUT2D eigenvalue weighted by atomic mass is 16.5. The maximum Gasteiger partial charge on any atom is 0.307 e. The van der Waals surface area contributed by atoms with Crippen molar-refractivity contribution < 1.29 is 14.3 Å². The van der Waals surface area contributed by atoms with Gasteiger partial charge in [-0.2, -0.15) is 0 Å². The van der Waals surface area contributed by atoms with Crippen LogP contribution >= 0.6 is 0 Å². The lowest BCUT2D eigenvalue weighted by Gasteiger charge is -2.23. The first kappa shape index (κ1) is 23.0. The monoisotopic (exact) mass is 415 g/mol. The number of amides is 1. The van der Waals surface area contributed by atoms with Crippen molar-refractivity contribution in [2.75, 3.05) is 7.11 Å². The lowest BCUT2D eigenvalue weighted by Crippen LogP contribution is -2.50. The van der Waals surface area contributed by atoms with Crippen LogP contribution in [0.15, 0.2) is 30.5 Å². The zero-order chi connectivity index (χ0) is 21.0. The number of esters is 1. The van der Waals surface area contributed by atoms with Crippen LogP contribution in [0, 0.1) is 0 Å². The Labute approximate surface area is 175 Å². The van der Waals surface area contributed by atoms with Crippen LogP contribution in [0.4, 0.5) is 0 Å². The SMILES string of the molecule is C.COC(=O)CCn1nnnc1[C@@H](Cc1c[nH]c2ccccc12)NC(=O)C(C)(C)N. The van der Waals surface area contributed by atoms with Crippen molar-refractivity contribution in [2.24, 2.45) is 5.73 Å². The molecule has 0 saturated heterocycles. The lowest BCUT2D eigenvalue weighted by molar-refractivity contribution is -0.141. The highest BCUT2D eigenvalue weighted by Crippen LogP contribution is 2.24. The maximum absolute atomic E-state index is 12.6. The number of benzene rings is 1. The Hall–Kier alpha value is -3.27. The summed E-state index contributed by atoms with van der Waals surface area (Å²) in [5.41, 5.74) is 6.89. The Morgan fingerprint density at radius 1 is 1.33 bits per heavy atom. The fourth-order valence-corrected chi connectivity index (χ4v) is 2.99. The fourth-order valence-electron chi connectivity index (χ4n) is 2.99. The van der Waals surface area contributed by atoms with Crippen LogP contribution in [-0.4, -0.2) is 49.7 Å². The van der Waals surface area contributed by atoms with E-state index in [1.807, 2.05) is 30.5 Å². The molecular formula is C20H29N7O3. The molecule has 1 aromatic carbocycles. The minimum atomic E-state index is -1.07. The summed E-state index contributed by atoms with van der Waals surface area (Å²) in [6, 6.07) is 7.36. The molecule has 3 rings (SSSR count). The molecule has 162 valence electrons. The Balaban J connectivity index is 0.00000320. The minimum Gasteiger partial charge on any atom is -0.469 e. The number of para-hydroxylation sites is 1. The second-order valence-electron chi connectivity index (χ2n) is 7.40. The number of hydrogen-bond donors (Lipinski definition) is 3. The van der Waals surface area contributed by atoms with Crippen molar-refractivity contribution in [3.63, 3.8) is 0 Å². The first-order chi connectivity index (χ1) is 13.8. The van der Waals surface area contributed by atoms with E-state index in [0.29, 0.717) is 12.2 Å². The summed E-state index contributed by atoms with van der Waals surface area (Å²) in [7, 11) is 1.33.